The molecule has 1 aliphatic carbocycles. The number of carbonyl (C=O) groups is 1. The molecule has 2 nitrogen and oxygen atoms in total. The molecule has 0 amide bonds. The molecule has 0 saturated heterocycles. The number of hydrogen-bond donors (Lipinski definition) is 0. The Morgan fingerprint density at radius 1 is 0.900 bits per heavy atom. The van der Waals surface area contributed by atoms with Crippen molar-refractivity contribution < 1.29 is 9.22 Å². The zero-order valence-corrected chi connectivity index (χ0v) is 19.8. The Labute approximate surface area is 182 Å². The zero-order chi connectivity index (χ0) is 21.8. The SMILES string of the molecule is CC(C)(C#CC1=CCCC1=O)CO[Si](c1ccccc1)(c1ccccc1)C(C)(C)C. The molecule has 0 aromatic heterocycles. The van der Waals surface area contributed by atoms with Crippen LogP contribution in [0.1, 0.15) is 47.5 Å². The third kappa shape index (κ3) is 4.66. The second-order valence-corrected chi connectivity index (χ2v) is 14.0. The molecule has 0 radical (unpaired) electrons. The smallest absolute Gasteiger partial charge is 0.261 e. The molecular weight excluding hydrogens is 384 g/mol. The van der Waals surface area contributed by atoms with Crippen LogP contribution >= 0.6 is 0 Å². The van der Waals surface area contributed by atoms with Gasteiger partial charge in [0.2, 0.25) is 0 Å². The number of rotatable bonds is 5. The maximum atomic E-state index is 11.9. The predicted molar refractivity (Wildman–Crippen MR) is 127 cm³/mol. The predicted octanol–water partition coefficient (Wildman–Crippen LogP) is 4.88. The highest BCUT2D eigenvalue weighted by atomic mass is 28.4. The van der Waals surface area contributed by atoms with E-state index in [4.69, 9.17) is 4.43 Å². The number of ketones is 1. The minimum absolute atomic E-state index is 0.0663. The lowest BCUT2D eigenvalue weighted by atomic mass is 9.95. The van der Waals surface area contributed by atoms with Gasteiger partial charge in [-0.15, -0.1) is 0 Å². The second-order valence-electron chi connectivity index (χ2n) is 9.67. The van der Waals surface area contributed by atoms with Gasteiger partial charge in [0, 0.05) is 11.8 Å². The van der Waals surface area contributed by atoms with E-state index in [2.05, 4.69) is 107 Å². The zero-order valence-electron chi connectivity index (χ0n) is 18.8. The Hall–Kier alpha value is -2.41. The van der Waals surface area contributed by atoms with E-state index in [1.165, 1.54) is 10.4 Å². The molecule has 0 bridgehead atoms. The minimum atomic E-state index is -2.58. The summed E-state index contributed by atoms with van der Waals surface area (Å²) in [7, 11) is -2.58. The van der Waals surface area contributed by atoms with Crippen molar-refractivity contribution in [3.63, 3.8) is 0 Å². The van der Waals surface area contributed by atoms with Gasteiger partial charge in [0.05, 0.1) is 12.2 Å². The number of allylic oxidation sites excluding steroid dienone is 2. The van der Waals surface area contributed by atoms with Crippen LogP contribution in [0.2, 0.25) is 5.04 Å². The summed E-state index contributed by atoms with van der Waals surface area (Å²) in [6.45, 7) is 11.5. The lowest BCUT2D eigenvalue weighted by Crippen LogP contribution is -2.67. The molecule has 0 unspecified atom stereocenters. The van der Waals surface area contributed by atoms with Crippen molar-refractivity contribution in [1.82, 2.24) is 0 Å². The molecule has 0 heterocycles. The Kier molecular flexibility index (Phi) is 6.50. The van der Waals surface area contributed by atoms with E-state index in [1.54, 1.807) is 0 Å². The maximum absolute atomic E-state index is 11.9. The van der Waals surface area contributed by atoms with Crippen molar-refractivity contribution in [2.75, 3.05) is 6.61 Å². The fourth-order valence-electron chi connectivity index (χ4n) is 4.04. The molecule has 2 aromatic carbocycles. The van der Waals surface area contributed by atoms with Gasteiger partial charge in [0.25, 0.3) is 8.32 Å². The van der Waals surface area contributed by atoms with Crippen LogP contribution in [0.4, 0.5) is 0 Å². The monoisotopic (exact) mass is 416 g/mol. The highest BCUT2D eigenvalue weighted by molar-refractivity contribution is 6.99. The first-order chi connectivity index (χ1) is 14.2. The molecule has 0 N–H and O–H groups in total. The molecule has 0 spiro atoms. The Balaban J connectivity index is 1.99. The molecule has 0 aliphatic heterocycles. The lowest BCUT2D eigenvalue weighted by molar-refractivity contribution is -0.114. The quantitative estimate of drug-likeness (QED) is 0.513. The summed E-state index contributed by atoms with van der Waals surface area (Å²) in [4.78, 5) is 11.9. The van der Waals surface area contributed by atoms with Gasteiger partial charge in [-0.25, -0.2) is 0 Å². The topological polar surface area (TPSA) is 26.3 Å². The van der Waals surface area contributed by atoms with E-state index in [9.17, 15) is 4.79 Å². The first kappa shape index (κ1) is 22.3. The summed E-state index contributed by atoms with van der Waals surface area (Å²) in [6.07, 6.45) is 3.35. The van der Waals surface area contributed by atoms with E-state index >= 15 is 0 Å². The molecule has 2 aromatic rings. The van der Waals surface area contributed by atoms with E-state index in [0.29, 0.717) is 18.6 Å². The number of carbonyl (C=O) groups excluding carboxylic acids is 1. The van der Waals surface area contributed by atoms with Gasteiger partial charge in [-0.2, -0.15) is 0 Å². The van der Waals surface area contributed by atoms with Gasteiger partial charge in [-0.1, -0.05) is 99.4 Å². The summed E-state index contributed by atoms with van der Waals surface area (Å²) >= 11 is 0. The lowest BCUT2D eigenvalue weighted by Gasteiger charge is -2.44. The van der Waals surface area contributed by atoms with E-state index in [-0.39, 0.29) is 16.2 Å². The van der Waals surface area contributed by atoms with Gasteiger partial charge >= 0.3 is 0 Å². The van der Waals surface area contributed by atoms with Crippen molar-refractivity contribution in [3.8, 4) is 11.8 Å². The molecule has 0 saturated carbocycles. The van der Waals surface area contributed by atoms with Crippen LogP contribution in [0.3, 0.4) is 0 Å². The van der Waals surface area contributed by atoms with Crippen LogP contribution in [-0.2, 0) is 9.22 Å². The summed E-state index contributed by atoms with van der Waals surface area (Å²) in [5.74, 6) is 6.60. The first-order valence-corrected chi connectivity index (χ1v) is 12.6. The van der Waals surface area contributed by atoms with Crippen LogP contribution in [0.15, 0.2) is 72.3 Å². The summed E-state index contributed by atoms with van der Waals surface area (Å²) < 4.78 is 7.01. The fourth-order valence-corrected chi connectivity index (χ4v) is 8.77. The average molecular weight is 417 g/mol. The van der Waals surface area contributed by atoms with Crippen molar-refractivity contribution in [1.29, 1.82) is 0 Å². The number of benzene rings is 2. The normalized spacial score (nSPS) is 14.8. The van der Waals surface area contributed by atoms with Crippen LogP contribution in [0, 0.1) is 17.3 Å². The van der Waals surface area contributed by atoms with Crippen LogP contribution in [0.5, 0.6) is 0 Å². The van der Waals surface area contributed by atoms with E-state index in [1.807, 2.05) is 6.08 Å². The Morgan fingerprint density at radius 3 is 1.87 bits per heavy atom. The number of Topliss-reactive ketones (excluding diaryl/α,β-unsaturated/α-hetero) is 1. The van der Waals surface area contributed by atoms with Crippen molar-refractivity contribution in [3.05, 3.63) is 72.3 Å². The van der Waals surface area contributed by atoms with Crippen molar-refractivity contribution in [2.45, 2.75) is 52.5 Å². The minimum Gasteiger partial charge on any atom is -0.406 e. The molecule has 30 heavy (non-hydrogen) atoms. The van der Waals surface area contributed by atoms with Crippen LogP contribution in [0.25, 0.3) is 0 Å². The maximum Gasteiger partial charge on any atom is 0.261 e. The third-order valence-corrected chi connectivity index (χ3v) is 10.6. The summed E-state index contributed by atoms with van der Waals surface area (Å²) in [5, 5.41) is 2.46. The molecular formula is C27H32O2Si. The van der Waals surface area contributed by atoms with Crippen LogP contribution in [-0.4, -0.2) is 20.7 Å². The molecule has 3 rings (SSSR count). The summed E-state index contributed by atoms with van der Waals surface area (Å²) in [5.41, 5.74) is 0.296. The molecule has 1 aliphatic rings. The molecule has 3 heteroatoms. The fraction of sp³-hybridized carbons (Fsp3) is 0.370. The summed E-state index contributed by atoms with van der Waals surface area (Å²) in [6, 6.07) is 21.3. The second kappa shape index (κ2) is 8.76. The van der Waals surface area contributed by atoms with Crippen molar-refractivity contribution in [2.24, 2.45) is 5.41 Å². The molecule has 0 atom stereocenters. The standard InChI is InChI=1S/C27H32O2Si/c1-26(2,3)30(23-14-8-6-9-15-23,24-16-10-7-11-17-24)29-21-27(4,5)20-19-22-13-12-18-25(22)28/h6-11,13-17H,12,18,21H2,1-5H3. The Morgan fingerprint density at radius 2 is 1.43 bits per heavy atom. The van der Waals surface area contributed by atoms with E-state index in [0.717, 1.165) is 6.42 Å². The number of hydrogen-bond acceptors (Lipinski definition) is 2. The molecule has 0 fully saturated rings. The highest BCUT2D eigenvalue weighted by Crippen LogP contribution is 2.37. The molecule has 156 valence electrons. The third-order valence-electron chi connectivity index (χ3n) is 5.62. The van der Waals surface area contributed by atoms with Crippen LogP contribution < -0.4 is 10.4 Å². The van der Waals surface area contributed by atoms with Gasteiger partial charge < -0.3 is 4.43 Å². The van der Waals surface area contributed by atoms with Gasteiger partial charge in [0.1, 0.15) is 0 Å². The Bertz CT molecular complexity index is 931. The average Bonchev–Trinajstić information content (AvgIpc) is 3.12. The van der Waals surface area contributed by atoms with Gasteiger partial charge in [-0.05, 0) is 35.7 Å². The van der Waals surface area contributed by atoms with Crippen molar-refractivity contribution >= 4 is 24.5 Å². The van der Waals surface area contributed by atoms with E-state index < -0.39 is 8.32 Å². The van der Waals surface area contributed by atoms with Gasteiger partial charge in [0.15, 0.2) is 5.78 Å². The highest BCUT2D eigenvalue weighted by Gasteiger charge is 2.50. The van der Waals surface area contributed by atoms with Gasteiger partial charge in [-0.3, -0.25) is 4.79 Å². The largest absolute Gasteiger partial charge is 0.406 e. The first-order valence-electron chi connectivity index (χ1n) is 10.7.